The zero-order chi connectivity index (χ0) is 20.9. The molecule has 0 bridgehead atoms. The van der Waals surface area contributed by atoms with Gasteiger partial charge >= 0.3 is 0 Å². The quantitative estimate of drug-likeness (QED) is 0.454. The van der Waals surface area contributed by atoms with Crippen LogP contribution in [0.2, 0.25) is 0 Å². The molecule has 2 aromatic carbocycles. The minimum atomic E-state index is -3.49. The van der Waals surface area contributed by atoms with Crippen molar-refractivity contribution in [3.63, 3.8) is 0 Å². The predicted octanol–water partition coefficient (Wildman–Crippen LogP) is 4.89. The molecule has 0 aliphatic carbocycles. The Morgan fingerprint density at radius 3 is 2.45 bits per heavy atom. The number of nitrogens with zero attached hydrogens (tertiary/aromatic N) is 3. The first-order valence-electron chi connectivity index (χ1n) is 9.86. The minimum Gasteiger partial charge on any atom is -0.319 e. The highest BCUT2D eigenvalue weighted by atomic mass is 32.2. The van der Waals surface area contributed by atoms with Crippen LogP contribution in [-0.2, 0) is 16.6 Å². The number of aryl methyl sites for hydroxylation is 1. The molecule has 29 heavy (non-hydrogen) atoms. The predicted molar refractivity (Wildman–Crippen MR) is 122 cm³/mol. The molecule has 0 fully saturated rings. The standard InChI is InChI=1S/C22H27N3O2S2/c1-4-24(5-2)29(26,27)19-14-15-21-20(17-19)23-22(25(21)6-3)28-16-10-13-18-11-8-7-9-12-18/h7-15,17H,4-6,16H2,1-3H3/b13-10+. The number of thioether (sulfide) groups is 1. The van der Waals surface area contributed by atoms with Crippen molar-refractivity contribution in [1.82, 2.24) is 13.9 Å². The molecule has 1 aromatic heterocycles. The van der Waals surface area contributed by atoms with Crippen LogP contribution in [0, 0.1) is 0 Å². The van der Waals surface area contributed by atoms with Crippen molar-refractivity contribution in [3.8, 4) is 0 Å². The lowest BCUT2D eigenvalue weighted by Gasteiger charge is -2.18. The zero-order valence-electron chi connectivity index (χ0n) is 17.1. The molecular weight excluding hydrogens is 402 g/mol. The van der Waals surface area contributed by atoms with Crippen LogP contribution in [0.5, 0.6) is 0 Å². The molecule has 154 valence electrons. The van der Waals surface area contributed by atoms with Crippen molar-refractivity contribution in [2.75, 3.05) is 18.8 Å². The number of imidazole rings is 1. The maximum Gasteiger partial charge on any atom is 0.243 e. The molecule has 0 saturated heterocycles. The fraction of sp³-hybridized carbons (Fsp3) is 0.318. The second-order valence-electron chi connectivity index (χ2n) is 6.50. The molecule has 0 unspecified atom stereocenters. The van der Waals surface area contributed by atoms with Gasteiger partial charge in [-0.15, -0.1) is 0 Å². The molecule has 0 spiro atoms. The Hall–Kier alpha value is -2.09. The number of benzene rings is 2. The summed E-state index contributed by atoms with van der Waals surface area (Å²) in [5.41, 5.74) is 2.85. The highest BCUT2D eigenvalue weighted by Crippen LogP contribution is 2.27. The van der Waals surface area contributed by atoms with Crippen LogP contribution >= 0.6 is 11.8 Å². The summed E-state index contributed by atoms with van der Waals surface area (Å²) >= 11 is 1.65. The van der Waals surface area contributed by atoms with Gasteiger partial charge in [0.2, 0.25) is 10.0 Å². The van der Waals surface area contributed by atoms with E-state index in [1.54, 1.807) is 23.9 Å². The molecule has 3 rings (SSSR count). The molecule has 0 atom stereocenters. The van der Waals surface area contributed by atoms with Gasteiger partial charge in [0, 0.05) is 25.4 Å². The zero-order valence-corrected chi connectivity index (χ0v) is 18.7. The van der Waals surface area contributed by atoms with Crippen LogP contribution in [0.25, 0.3) is 17.1 Å². The van der Waals surface area contributed by atoms with Crippen LogP contribution in [0.3, 0.4) is 0 Å². The number of aromatic nitrogens is 2. The first-order valence-corrected chi connectivity index (χ1v) is 12.3. The van der Waals surface area contributed by atoms with Crippen LogP contribution in [0.15, 0.2) is 64.7 Å². The first kappa shape index (κ1) is 21.6. The average molecular weight is 430 g/mol. The second kappa shape index (κ2) is 9.61. The maximum absolute atomic E-state index is 12.8. The number of hydrogen-bond acceptors (Lipinski definition) is 4. The van der Waals surface area contributed by atoms with Gasteiger partial charge in [-0.05, 0) is 30.7 Å². The summed E-state index contributed by atoms with van der Waals surface area (Å²) in [6.45, 7) is 7.46. The molecule has 0 N–H and O–H groups in total. The highest BCUT2D eigenvalue weighted by Gasteiger charge is 2.23. The molecule has 0 aliphatic rings. The summed E-state index contributed by atoms with van der Waals surface area (Å²) in [6, 6.07) is 15.4. The minimum absolute atomic E-state index is 0.301. The summed E-state index contributed by atoms with van der Waals surface area (Å²) < 4.78 is 29.2. The fourth-order valence-corrected chi connectivity index (χ4v) is 5.61. The third-order valence-corrected chi connectivity index (χ3v) is 7.74. The van der Waals surface area contributed by atoms with E-state index in [-0.39, 0.29) is 0 Å². The smallest absolute Gasteiger partial charge is 0.243 e. The Morgan fingerprint density at radius 1 is 1.07 bits per heavy atom. The van der Waals surface area contributed by atoms with Gasteiger partial charge < -0.3 is 4.57 Å². The fourth-order valence-electron chi connectivity index (χ4n) is 3.25. The normalized spacial score (nSPS) is 12.4. The van der Waals surface area contributed by atoms with E-state index in [9.17, 15) is 8.42 Å². The Balaban J connectivity index is 1.85. The van der Waals surface area contributed by atoms with Crippen molar-refractivity contribution < 1.29 is 8.42 Å². The Kier molecular flexibility index (Phi) is 7.16. The van der Waals surface area contributed by atoms with E-state index in [0.29, 0.717) is 18.0 Å². The van der Waals surface area contributed by atoms with Gasteiger partial charge in [-0.25, -0.2) is 13.4 Å². The van der Waals surface area contributed by atoms with Gasteiger partial charge in [0.15, 0.2) is 5.16 Å². The molecule has 7 heteroatoms. The van der Waals surface area contributed by atoms with Gasteiger partial charge in [-0.1, -0.05) is 68.1 Å². The molecule has 0 saturated carbocycles. The molecule has 1 heterocycles. The molecular formula is C22H27N3O2S2. The molecule has 3 aromatic rings. The van der Waals surface area contributed by atoms with Crippen LogP contribution < -0.4 is 0 Å². The van der Waals surface area contributed by atoms with E-state index in [1.165, 1.54) is 9.87 Å². The van der Waals surface area contributed by atoms with E-state index < -0.39 is 10.0 Å². The molecule has 0 radical (unpaired) electrons. The van der Waals surface area contributed by atoms with Gasteiger partial charge in [0.25, 0.3) is 0 Å². The summed E-state index contributed by atoms with van der Waals surface area (Å²) in [5, 5.41) is 0.901. The Morgan fingerprint density at radius 2 is 1.79 bits per heavy atom. The summed E-state index contributed by atoms with van der Waals surface area (Å²) in [5.74, 6) is 0.794. The van der Waals surface area contributed by atoms with Gasteiger partial charge in [-0.3, -0.25) is 0 Å². The second-order valence-corrected chi connectivity index (χ2v) is 9.43. The van der Waals surface area contributed by atoms with E-state index in [4.69, 9.17) is 4.98 Å². The summed E-state index contributed by atoms with van der Waals surface area (Å²) in [6.07, 6.45) is 4.22. The number of rotatable bonds is 9. The average Bonchev–Trinajstić information content (AvgIpc) is 3.09. The molecule has 5 nitrogen and oxygen atoms in total. The number of fused-ring (bicyclic) bond motifs is 1. The Labute approximate surface area is 177 Å². The number of hydrogen-bond donors (Lipinski definition) is 0. The van der Waals surface area contributed by atoms with Crippen LogP contribution in [0.1, 0.15) is 26.3 Å². The van der Waals surface area contributed by atoms with E-state index in [2.05, 4.69) is 35.8 Å². The third kappa shape index (κ3) is 4.74. The summed E-state index contributed by atoms with van der Waals surface area (Å²) in [7, 11) is -3.49. The van der Waals surface area contributed by atoms with Crippen molar-refractivity contribution >= 4 is 38.9 Å². The first-order chi connectivity index (χ1) is 14.0. The largest absolute Gasteiger partial charge is 0.319 e. The van der Waals surface area contributed by atoms with Crippen LogP contribution in [0.4, 0.5) is 0 Å². The van der Waals surface area contributed by atoms with E-state index >= 15 is 0 Å². The highest BCUT2D eigenvalue weighted by molar-refractivity contribution is 7.99. The maximum atomic E-state index is 12.8. The van der Waals surface area contributed by atoms with Crippen molar-refractivity contribution in [2.45, 2.75) is 37.4 Å². The topological polar surface area (TPSA) is 55.2 Å². The van der Waals surface area contributed by atoms with Crippen molar-refractivity contribution in [3.05, 3.63) is 60.2 Å². The lowest BCUT2D eigenvalue weighted by molar-refractivity contribution is 0.445. The monoisotopic (exact) mass is 429 g/mol. The van der Waals surface area contributed by atoms with Gasteiger partial charge in [0.1, 0.15) is 0 Å². The SMILES string of the molecule is CCN(CC)S(=O)(=O)c1ccc2c(c1)nc(SC/C=C/c1ccccc1)n2CC. The molecule has 0 amide bonds. The van der Waals surface area contributed by atoms with Gasteiger partial charge in [0.05, 0.1) is 15.9 Å². The third-order valence-electron chi connectivity index (χ3n) is 4.76. The van der Waals surface area contributed by atoms with Crippen LogP contribution in [-0.4, -0.2) is 41.1 Å². The van der Waals surface area contributed by atoms with Crippen molar-refractivity contribution in [2.24, 2.45) is 0 Å². The lowest BCUT2D eigenvalue weighted by Crippen LogP contribution is -2.30. The molecule has 0 aliphatic heterocycles. The summed E-state index contributed by atoms with van der Waals surface area (Å²) in [4.78, 5) is 5.02. The van der Waals surface area contributed by atoms with E-state index in [0.717, 1.165) is 28.5 Å². The Bertz CT molecular complexity index is 1090. The number of sulfonamides is 1. The van der Waals surface area contributed by atoms with Gasteiger partial charge in [-0.2, -0.15) is 4.31 Å². The lowest BCUT2D eigenvalue weighted by atomic mass is 10.2. The van der Waals surface area contributed by atoms with Crippen molar-refractivity contribution in [1.29, 1.82) is 0 Å². The van der Waals surface area contributed by atoms with E-state index in [1.807, 2.05) is 38.1 Å².